The van der Waals surface area contributed by atoms with Crippen molar-refractivity contribution >= 4 is 0 Å². The third-order valence-corrected chi connectivity index (χ3v) is 5.01. The van der Waals surface area contributed by atoms with Crippen molar-refractivity contribution in [1.82, 2.24) is 4.90 Å². The van der Waals surface area contributed by atoms with Crippen LogP contribution in [0.5, 0.6) is 0 Å². The Balaban J connectivity index is 1.89. The molecule has 2 heterocycles. The molecule has 2 fully saturated rings. The fourth-order valence-electron chi connectivity index (χ4n) is 3.60. The van der Waals surface area contributed by atoms with Crippen LogP contribution >= 0.6 is 0 Å². The van der Waals surface area contributed by atoms with Crippen LogP contribution in [0.2, 0.25) is 0 Å². The summed E-state index contributed by atoms with van der Waals surface area (Å²) in [6.07, 6.45) is 2.02. The molecule has 0 aromatic heterocycles. The van der Waals surface area contributed by atoms with E-state index >= 15 is 0 Å². The lowest BCUT2D eigenvalue weighted by atomic mass is 9.76. The predicted molar refractivity (Wildman–Crippen MR) is 78.2 cm³/mol. The third kappa shape index (κ3) is 2.21. The van der Waals surface area contributed by atoms with Crippen LogP contribution in [0.1, 0.15) is 44.7 Å². The molecule has 1 N–H and O–H groups in total. The first-order valence-electron chi connectivity index (χ1n) is 7.45. The molecule has 19 heavy (non-hydrogen) atoms. The highest BCUT2D eigenvalue weighted by Gasteiger charge is 2.45. The van der Waals surface area contributed by atoms with Gasteiger partial charge in [-0.15, -0.1) is 0 Å². The van der Waals surface area contributed by atoms with Gasteiger partial charge in [0.25, 0.3) is 0 Å². The molecule has 2 aliphatic heterocycles. The van der Waals surface area contributed by atoms with E-state index in [0.29, 0.717) is 5.92 Å². The van der Waals surface area contributed by atoms with Crippen LogP contribution < -0.4 is 0 Å². The van der Waals surface area contributed by atoms with E-state index in [4.69, 9.17) is 0 Å². The molecule has 2 aliphatic rings. The number of rotatable bonds is 1. The molecule has 3 unspecified atom stereocenters. The lowest BCUT2D eigenvalue weighted by Gasteiger charge is -2.39. The number of aliphatic hydroxyl groups is 1. The van der Waals surface area contributed by atoms with Crippen molar-refractivity contribution < 1.29 is 5.11 Å². The monoisotopic (exact) mass is 259 g/mol. The summed E-state index contributed by atoms with van der Waals surface area (Å²) in [5, 5.41) is 11.1. The second-order valence-electron chi connectivity index (χ2n) is 7.29. The normalized spacial score (nSPS) is 34.5. The van der Waals surface area contributed by atoms with Gasteiger partial charge in [-0.2, -0.15) is 0 Å². The van der Waals surface area contributed by atoms with Gasteiger partial charge in [0, 0.05) is 19.0 Å². The quantitative estimate of drug-likeness (QED) is 0.838. The largest absolute Gasteiger partial charge is 0.385 e. The van der Waals surface area contributed by atoms with Crippen LogP contribution in [0.25, 0.3) is 0 Å². The lowest BCUT2D eigenvalue weighted by Crippen LogP contribution is -2.44. The zero-order valence-electron chi connectivity index (χ0n) is 12.3. The summed E-state index contributed by atoms with van der Waals surface area (Å²) in [6, 6.07) is 8.67. The van der Waals surface area contributed by atoms with Crippen molar-refractivity contribution in [2.45, 2.75) is 44.6 Å². The molecule has 0 amide bonds. The van der Waals surface area contributed by atoms with Crippen molar-refractivity contribution in [3.05, 3.63) is 35.4 Å². The molecule has 2 heteroatoms. The Morgan fingerprint density at radius 2 is 1.84 bits per heavy atom. The summed E-state index contributed by atoms with van der Waals surface area (Å²) in [5.74, 6) is 0.418. The Morgan fingerprint density at radius 3 is 2.47 bits per heavy atom. The maximum absolute atomic E-state index is 11.1. The van der Waals surface area contributed by atoms with E-state index < -0.39 is 5.60 Å². The van der Waals surface area contributed by atoms with Gasteiger partial charge in [-0.3, -0.25) is 0 Å². The second-order valence-corrected chi connectivity index (χ2v) is 7.29. The molecule has 104 valence electrons. The van der Waals surface area contributed by atoms with Crippen LogP contribution in [0.4, 0.5) is 0 Å². The lowest BCUT2D eigenvalue weighted by molar-refractivity contribution is -0.0502. The van der Waals surface area contributed by atoms with Gasteiger partial charge in [0.15, 0.2) is 0 Å². The summed E-state index contributed by atoms with van der Waals surface area (Å²) in [7, 11) is 0. The molecule has 0 saturated carbocycles. The first-order chi connectivity index (χ1) is 8.89. The minimum absolute atomic E-state index is 0.178. The standard InChI is InChI=1S/C17H25NO/c1-16(2,3)13-4-6-14(7-5-13)17(19)9-11-18-10-8-15(17)12-18/h4-7,15,19H,8-12H2,1-3H3. The zero-order valence-corrected chi connectivity index (χ0v) is 12.3. The van der Waals surface area contributed by atoms with E-state index in [1.54, 1.807) is 0 Å². The molecule has 2 bridgehead atoms. The van der Waals surface area contributed by atoms with Crippen molar-refractivity contribution in [3.63, 3.8) is 0 Å². The van der Waals surface area contributed by atoms with E-state index in [9.17, 15) is 5.11 Å². The molecule has 0 radical (unpaired) electrons. The fourth-order valence-corrected chi connectivity index (χ4v) is 3.60. The molecule has 2 saturated heterocycles. The minimum atomic E-state index is -0.594. The van der Waals surface area contributed by atoms with Crippen LogP contribution in [-0.2, 0) is 11.0 Å². The van der Waals surface area contributed by atoms with E-state index in [0.717, 1.165) is 38.0 Å². The molecular formula is C17H25NO. The highest BCUT2D eigenvalue weighted by molar-refractivity contribution is 5.32. The first kappa shape index (κ1) is 13.1. The smallest absolute Gasteiger partial charge is 0.0949 e. The van der Waals surface area contributed by atoms with Gasteiger partial charge in [-0.05, 0) is 35.9 Å². The number of benzene rings is 1. The van der Waals surface area contributed by atoms with Gasteiger partial charge in [0.1, 0.15) is 0 Å². The average molecular weight is 259 g/mol. The summed E-state index contributed by atoms with van der Waals surface area (Å²) in [6.45, 7) is 9.95. The van der Waals surface area contributed by atoms with Crippen molar-refractivity contribution in [3.8, 4) is 0 Å². The van der Waals surface area contributed by atoms with E-state index in [1.807, 2.05) is 0 Å². The fraction of sp³-hybridized carbons (Fsp3) is 0.647. The van der Waals surface area contributed by atoms with Gasteiger partial charge in [-0.25, -0.2) is 0 Å². The van der Waals surface area contributed by atoms with Crippen LogP contribution in [0.3, 0.4) is 0 Å². The average Bonchev–Trinajstić information content (AvgIpc) is 2.79. The van der Waals surface area contributed by atoms with Gasteiger partial charge in [-0.1, -0.05) is 45.0 Å². The Hall–Kier alpha value is -0.860. The Bertz CT molecular complexity index is 459. The molecule has 2 nitrogen and oxygen atoms in total. The van der Waals surface area contributed by atoms with Crippen LogP contribution in [-0.4, -0.2) is 29.6 Å². The van der Waals surface area contributed by atoms with Crippen molar-refractivity contribution in [2.75, 3.05) is 19.6 Å². The van der Waals surface area contributed by atoms with Gasteiger partial charge >= 0.3 is 0 Å². The Labute approximate surface area is 116 Å². The molecule has 3 atom stereocenters. The first-order valence-corrected chi connectivity index (χ1v) is 7.45. The third-order valence-electron chi connectivity index (χ3n) is 5.01. The van der Waals surface area contributed by atoms with E-state index in [-0.39, 0.29) is 5.41 Å². The van der Waals surface area contributed by atoms with Crippen molar-refractivity contribution in [2.24, 2.45) is 5.92 Å². The molecule has 1 aromatic rings. The summed E-state index contributed by atoms with van der Waals surface area (Å²) >= 11 is 0. The topological polar surface area (TPSA) is 23.5 Å². The van der Waals surface area contributed by atoms with Crippen LogP contribution in [0, 0.1) is 5.92 Å². The van der Waals surface area contributed by atoms with Gasteiger partial charge < -0.3 is 10.0 Å². The van der Waals surface area contributed by atoms with Gasteiger partial charge in [0.2, 0.25) is 0 Å². The number of piperidine rings is 1. The Kier molecular flexibility index (Phi) is 2.99. The maximum atomic E-state index is 11.1. The molecule has 0 aliphatic carbocycles. The maximum Gasteiger partial charge on any atom is 0.0949 e. The Morgan fingerprint density at radius 1 is 1.16 bits per heavy atom. The second kappa shape index (κ2) is 4.32. The van der Waals surface area contributed by atoms with Gasteiger partial charge in [0.05, 0.1) is 5.60 Å². The predicted octanol–water partition coefficient (Wildman–Crippen LogP) is 2.90. The number of fused-ring (bicyclic) bond motifs is 2. The SMILES string of the molecule is CC(C)(C)c1ccc(C2(O)CCN3CCC2C3)cc1. The minimum Gasteiger partial charge on any atom is -0.385 e. The summed E-state index contributed by atoms with van der Waals surface area (Å²) in [4.78, 5) is 2.47. The molecule has 1 aromatic carbocycles. The zero-order chi connectivity index (χ0) is 13.7. The van der Waals surface area contributed by atoms with Crippen LogP contribution in [0.15, 0.2) is 24.3 Å². The number of hydrogen-bond donors (Lipinski definition) is 1. The molecular weight excluding hydrogens is 234 g/mol. The summed E-state index contributed by atoms with van der Waals surface area (Å²) < 4.78 is 0. The van der Waals surface area contributed by atoms with Crippen molar-refractivity contribution in [1.29, 1.82) is 0 Å². The van der Waals surface area contributed by atoms with E-state index in [2.05, 4.69) is 49.9 Å². The highest BCUT2D eigenvalue weighted by atomic mass is 16.3. The molecule has 0 spiro atoms. The highest BCUT2D eigenvalue weighted by Crippen LogP contribution is 2.43. The molecule has 3 rings (SSSR count). The number of nitrogens with zero attached hydrogens (tertiary/aromatic N) is 1. The van der Waals surface area contributed by atoms with E-state index in [1.165, 1.54) is 5.56 Å². The number of hydrogen-bond acceptors (Lipinski definition) is 2. The summed E-state index contributed by atoms with van der Waals surface area (Å²) in [5.41, 5.74) is 2.04.